The van der Waals surface area contributed by atoms with Crippen molar-refractivity contribution in [1.82, 2.24) is 14.3 Å². The van der Waals surface area contributed by atoms with Gasteiger partial charge in [0, 0.05) is 23.4 Å². The summed E-state index contributed by atoms with van der Waals surface area (Å²) in [5, 5.41) is 0.711. The zero-order valence-electron chi connectivity index (χ0n) is 13.7. The van der Waals surface area contributed by atoms with E-state index in [1.807, 2.05) is 40.0 Å². The Morgan fingerprint density at radius 1 is 1.39 bits per heavy atom. The molecule has 0 aromatic carbocycles. The summed E-state index contributed by atoms with van der Waals surface area (Å²) >= 11 is 1.29. The second-order valence-electron chi connectivity index (χ2n) is 6.71. The Labute approximate surface area is 143 Å². The van der Waals surface area contributed by atoms with Crippen molar-refractivity contribution in [3.05, 3.63) is 29.0 Å². The Bertz CT molecular complexity index is 772. The van der Waals surface area contributed by atoms with Gasteiger partial charge in [0.25, 0.3) is 0 Å². The molecule has 0 saturated heterocycles. The van der Waals surface area contributed by atoms with Gasteiger partial charge in [-0.1, -0.05) is 0 Å². The summed E-state index contributed by atoms with van der Waals surface area (Å²) in [6.45, 7) is 7.54. The summed E-state index contributed by atoms with van der Waals surface area (Å²) < 4.78 is 20.4. The number of nitrogens with zero attached hydrogens (tertiary/aromatic N) is 4. The van der Waals surface area contributed by atoms with Gasteiger partial charge in [-0.25, -0.2) is 9.19 Å². The molecule has 1 fully saturated rings. The minimum Gasteiger partial charge on any atom is -0.261 e. The van der Waals surface area contributed by atoms with Crippen molar-refractivity contribution in [1.29, 1.82) is 0 Å². The molecule has 5 nitrogen and oxygen atoms in total. The first-order chi connectivity index (χ1) is 10.8. The fraction of sp³-hybridized carbons (Fsp3) is 0.500. The van der Waals surface area contributed by atoms with Gasteiger partial charge in [-0.2, -0.15) is 8.77 Å². The first-order valence-corrected chi connectivity index (χ1v) is 9.50. The molecular weight excluding hydrogens is 328 g/mol. The van der Waals surface area contributed by atoms with Crippen LogP contribution in [0.15, 0.2) is 22.7 Å². The first-order valence-electron chi connectivity index (χ1n) is 7.62. The summed E-state index contributed by atoms with van der Waals surface area (Å²) in [6, 6.07) is 4.00. The van der Waals surface area contributed by atoms with Gasteiger partial charge in [0.1, 0.15) is 11.0 Å². The molecule has 1 aliphatic carbocycles. The van der Waals surface area contributed by atoms with Crippen LogP contribution in [0.5, 0.6) is 0 Å². The summed E-state index contributed by atoms with van der Waals surface area (Å²) in [4.78, 5) is 8.97. The highest BCUT2D eigenvalue weighted by molar-refractivity contribution is 7.85. The number of rotatable bonds is 4. The van der Waals surface area contributed by atoms with Gasteiger partial charge in [0.15, 0.2) is 10.8 Å². The number of pyridine rings is 1. The molecule has 1 atom stereocenters. The third-order valence-corrected chi connectivity index (χ3v) is 5.83. The molecule has 1 aliphatic rings. The van der Waals surface area contributed by atoms with E-state index in [2.05, 4.69) is 24.8 Å². The minimum atomic E-state index is -1.29. The van der Waals surface area contributed by atoms with Crippen LogP contribution in [-0.2, 0) is 11.0 Å². The Morgan fingerprint density at radius 2 is 2.13 bits per heavy atom. The van der Waals surface area contributed by atoms with Gasteiger partial charge < -0.3 is 0 Å². The molecule has 0 spiro atoms. The van der Waals surface area contributed by atoms with E-state index in [1.165, 1.54) is 24.4 Å². The molecule has 2 heterocycles. The maximum Gasteiger partial charge on any atom is 0.173 e. The van der Waals surface area contributed by atoms with Crippen molar-refractivity contribution in [3.63, 3.8) is 0 Å². The van der Waals surface area contributed by atoms with Gasteiger partial charge in [-0.15, -0.1) is 0 Å². The van der Waals surface area contributed by atoms with Crippen molar-refractivity contribution < 1.29 is 4.21 Å². The summed E-state index contributed by atoms with van der Waals surface area (Å²) in [7, 11) is -1.29. The smallest absolute Gasteiger partial charge is 0.173 e. The van der Waals surface area contributed by atoms with Gasteiger partial charge >= 0.3 is 0 Å². The molecule has 3 rings (SSSR count). The molecule has 0 radical (unpaired) electrons. The maximum atomic E-state index is 12.1. The Balaban J connectivity index is 1.84. The summed E-state index contributed by atoms with van der Waals surface area (Å²) in [6.07, 6.45) is 4.26. The van der Waals surface area contributed by atoms with E-state index in [9.17, 15) is 4.21 Å². The third kappa shape index (κ3) is 3.90. The topological polar surface area (TPSA) is 68.1 Å². The molecule has 2 aromatic heterocycles. The van der Waals surface area contributed by atoms with E-state index in [1.54, 1.807) is 0 Å². The first kappa shape index (κ1) is 16.4. The summed E-state index contributed by atoms with van der Waals surface area (Å²) in [5.41, 5.74) is 2.77. The highest BCUT2D eigenvalue weighted by Gasteiger charge is 2.25. The molecule has 0 aliphatic heterocycles. The van der Waals surface area contributed by atoms with Crippen molar-refractivity contribution >= 4 is 28.2 Å². The predicted octanol–water partition coefficient (Wildman–Crippen LogP) is 3.75. The van der Waals surface area contributed by atoms with Crippen LogP contribution >= 0.6 is 11.5 Å². The van der Waals surface area contributed by atoms with Crippen molar-refractivity contribution in [2.45, 2.75) is 51.2 Å². The molecule has 0 unspecified atom stereocenters. The van der Waals surface area contributed by atoms with Gasteiger partial charge in [-0.05, 0) is 64.2 Å². The Kier molecular flexibility index (Phi) is 4.42. The lowest BCUT2D eigenvalue weighted by atomic mass is 10.2. The molecule has 1 saturated carbocycles. The Morgan fingerprint density at radius 3 is 2.78 bits per heavy atom. The van der Waals surface area contributed by atoms with E-state index in [4.69, 9.17) is 0 Å². The lowest BCUT2D eigenvalue weighted by molar-refractivity contribution is 0.650. The monoisotopic (exact) mass is 348 g/mol. The second kappa shape index (κ2) is 6.20. The summed E-state index contributed by atoms with van der Waals surface area (Å²) in [5.74, 6) is 1.29. The number of hydrogen-bond donors (Lipinski definition) is 0. The van der Waals surface area contributed by atoms with E-state index in [0.29, 0.717) is 22.5 Å². The van der Waals surface area contributed by atoms with E-state index in [-0.39, 0.29) is 4.75 Å². The van der Waals surface area contributed by atoms with E-state index in [0.717, 1.165) is 11.3 Å². The molecule has 0 bridgehead atoms. The number of aromatic nitrogens is 3. The fourth-order valence-corrected chi connectivity index (χ4v) is 3.27. The Hall–Kier alpha value is -1.47. The van der Waals surface area contributed by atoms with Gasteiger partial charge in [-0.3, -0.25) is 4.98 Å². The third-order valence-electron chi connectivity index (χ3n) is 3.51. The van der Waals surface area contributed by atoms with E-state index >= 15 is 0 Å². The molecular formula is C16H20N4OS2. The zero-order chi connectivity index (χ0) is 16.6. The van der Waals surface area contributed by atoms with Crippen LogP contribution in [0, 0.1) is 0 Å². The van der Waals surface area contributed by atoms with Crippen molar-refractivity contribution in [2.75, 3.05) is 0 Å². The zero-order valence-corrected chi connectivity index (χ0v) is 15.4. The average Bonchev–Trinajstić information content (AvgIpc) is 3.23. The standard InChI is InChI=1S/C16H20N4OS2/c1-10(20-23(21)16(2,3)4)15-18-14(19-22-15)12-7-8-17-13(9-12)11-5-6-11/h7-9,11H,5-6H2,1-4H3/t23-/m1/s1. The highest BCUT2D eigenvalue weighted by Crippen LogP contribution is 2.39. The van der Waals surface area contributed by atoms with Gasteiger partial charge in [0.2, 0.25) is 0 Å². The fourth-order valence-electron chi connectivity index (χ4n) is 1.98. The lowest BCUT2D eigenvalue weighted by Crippen LogP contribution is -2.20. The average molecular weight is 348 g/mol. The van der Waals surface area contributed by atoms with Crippen LogP contribution in [0.3, 0.4) is 0 Å². The van der Waals surface area contributed by atoms with Crippen LogP contribution in [0.2, 0.25) is 0 Å². The van der Waals surface area contributed by atoms with E-state index < -0.39 is 11.0 Å². The second-order valence-corrected chi connectivity index (χ2v) is 9.36. The molecule has 2 aromatic rings. The molecule has 122 valence electrons. The number of hydrogen-bond acceptors (Lipinski definition) is 5. The SMILES string of the molecule is CC(=N[S@](=O)C(C)(C)C)c1nc(-c2ccnc(C3CC3)c2)ns1. The van der Waals surface area contributed by atoms with Crippen LogP contribution in [-0.4, -0.2) is 29.0 Å². The van der Waals surface area contributed by atoms with Crippen LogP contribution in [0.25, 0.3) is 11.4 Å². The molecule has 7 heteroatoms. The molecule has 0 amide bonds. The van der Waals surface area contributed by atoms with Crippen LogP contribution in [0.1, 0.15) is 57.2 Å². The normalized spacial score (nSPS) is 17.3. The van der Waals surface area contributed by atoms with Gasteiger partial charge in [0.05, 0.1) is 10.5 Å². The molecule has 23 heavy (non-hydrogen) atoms. The minimum absolute atomic E-state index is 0.376. The van der Waals surface area contributed by atoms with Crippen LogP contribution < -0.4 is 0 Å². The molecule has 0 N–H and O–H groups in total. The van der Waals surface area contributed by atoms with Crippen molar-refractivity contribution in [3.8, 4) is 11.4 Å². The van der Waals surface area contributed by atoms with Crippen molar-refractivity contribution in [2.24, 2.45) is 4.40 Å². The lowest BCUT2D eigenvalue weighted by Gasteiger charge is -2.13. The quantitative estimate of drug-likeness (QED) is 0.789. The predicted molar refractivity (Wildman–Crippen MR) is 95.2 cm³/mol. The highest BCUT2D eigenvalue weighted by atomic mass is 32.2. The maximum absolute atomic E-state index is 12.1. The largest absolute Gasteiger partial charge is 0.261 e. The van der Waals surface area contributed by atoms with Crippen LogP contribution in [0.4, 0.5) is 0 Å².